The summed E-state index contributed by atoms with van der Waals surface area (Å²) in [6, 6.07) is 15.9. The number of amides is 2. The number of halogens is 1. The van der Waals surface area contributed by atoms with Crippen molar-refractivity contribution in [2.45, 2.75) is 99.5 Å². The molecule has 0 saturated heterocycles. The van der Waals surface area contributed by atoms with Crippen LogP contribution in [0.15, 0.2) is 65.8 Å². The lowest BCUT2D eigenvalue weighted by Gasteiger charge is -2.30. The summed E-state index contributed by atoms with van der Waals surface area (Å²) in [4.78, 5) is 31.2. The van der Waals surface area contributed by atoms with E-state index in [2.05, 4.69) is 16.4 Å². The van der Waals surface area contributed by atoms with Gasteiger partial charge in [0.2, 0.25) is 5.91 Å². The van der Waals surface area contributed by atoms with Gasteiger partial charge in [0.1, 0.15) is 24.1 Å². The van der Waals surface area contributed by atoms with E-state index in [0.29, 0.717) is 43.2 Å². The van der Waals surface area contributed by atoms with Crippen molar-refractivity contribution < 1.29 is 44.6 Å². The van der Waals surface area contributed by atoms with Gasteiger partial charge in [-0.05, 0) is 92.2 Å². The third-order valence-electron chi connectivity index (χ3n) is 9.42. The molecule has 5 rings (SSSR count). The lowest BCUT2D eigenvalue weighted by molar-refractivity contribution is -0.158. The zero-order chi connectivity index (χ0) is 38.0. The molecule has 2 fully saturated rings. The highest BCUT2D eigenvalue weighted by Crippen LogP contribution is 2.53. The van der Waals surface area contributed by atoms with Crippen LogP contribution in [-0.2, 0) is 26.5 Å². The third kappa shape index (κ3) is 11.4. The van der Waals surface area contributed by atoms with Gasteiger partial charge >= 0.3 is 0 Å². The van der Waals surface area contributed by atoms with Gasteiger partial charge in [-0.2, -0.15) is 0 Å². The summed E-state index contributed by atoms with van der Waals surface area (Å²) < 4.78 is 12.9. The summed E-state index contributed by atoms with van der Waals surface area (Å²) >= 11 is 8.23. The van der Waals surface area contributed by atoms with Crippen molar-refractivity contribution in [3.8, 4) is 16.9 Å². The standard InChI is InChI=1S/C39H50ClN3O9S/c1-25(45)42-16-4-5-18-43(38(50)37(49)36(48)35(47)33(46)23-44)19-6-20-53-28-11-12-32(40)26(21-28)24-51-39(14-15-39)31-22-41-17-13-29(31)30-7-2-3-8-34(30)52-27-9-10-27/h2-3,7-8,11-13,17,21-22,27,33,35-37,44,46-49H,4-6,9-10,14-16,18-20,23-24H2,1H3,(H,42,45)/t33-,35+,36-,37-/m0/s1. The Hall–Kier alpha value is -3.27. The van der Waals surface area contributed by atoms with Crippen LogP contribution >= 0.6 is 23.4 Å². The van der Waals surface area contributed by atoms with Gasteiger partial charge in [0.05, 0.1) is 24.9 Å². The summed E-state index contributed by atoms with van der Waals surface area (Å²) in [5, 5.41) is 53.0. The first-order chi connectivity index (χ1) is 25.5. The first-order valence-electron chi connectivity index (χ1n) is 18.1. The minimum atomic E-state index is -2.00. The molecule has 14 heteroatoms. The number of ether oxygens (including phenoxy) is 2. The molecular weight excluding hydrogens is 722 g/mol. The quantitative estimate of drug-likeness (QED) is 0.0646. The molecule has 6 N–H and O–H groups in total. The number of aliphatic hydroxyl groups is 5. The Morgan fingerprint density at radius 1 is 1.02 bits per heavy atom. The van der Waals surface area contributed by atoms with E-state index in [1.807, 2.05) is 48.7 Å². The van der Waals surface area contributed by atoms with Gasteiger partial charge in [-0.15, -0.1) is 11.8 Å². The molecular formula is C39H50ClN3O9S. The lowest BCUT2D eigenvalue weighted by atomic mass is 9.96. The molecule has 0 bridgehead atoms. The molecule has 2 aromatic carbocycles. The Kier molecular flexibility index (Phi) is 14.9. The van der Waals surface area contributed by atoms with Gasteiger partial charge in [-0.25, -0.2) is 0 Å². The zero-order valence-electron chi connectivity index (χ0n) is 29.9. The number of thioether (sulfide) groups is 1. The molecule has 0 spiro atoms. The van der Waals surface area contributed by atoms with Crippen LogP contribution in [0, 0.1) is 0 Å². The predicted octanol–water partition coefficient (Wildman–Crippen LogP) is 3.81. The molecule has 1 aromatic heterocycles. The van der Waals surface area contributed by atoms with E-state index in [1.54, 1.807) is 18.0 Å². The summed E-state index contributed by atoms with van der Waals surface area (Å²) in [6.07, 6.45) is 1.84. The SMILES string of the molecule is CC(=O)NCCCCN(CCCSc1ccc(Cl)c(COC2(c3cnccc3-c3ccccc3OC3CC3)CC2)c1)C(=O)[C@@H](O)[C@@H](O)[C@H](O)[C@@H](O)CO. The van der Waals surface area contributed by atoms with Crippen molar-refractivity contribution >= 4 is 35.2 Å². The van der Waals surface area contributed by atoms with Crippen LogP contribution in [0.3, 0.4) is 0 Å². The van der Waals surface area contributed by atoms with Crippen molar-refractivity contribution in [2.24, 2.45) is 0 Å². The molecule has 1 heterocycles. The molecule has 288 valence electrons. The summed E-state index contributed by atoms with van der Waals surface area (Å²) in [6.45, 7) is 1.80. The van der Waals surface area contributed by atoms with Crippen LogP contribution in [0.4, 0.5) is 0 Å². The number of hydrogen-bond acceptors (Lipinski definition) is 11. The van der Waals surface area contributed by atoms with E-state index in [0.717, 1.165) is 58.6 Å². The number of nitrogens with zero attached hydrogens (tertiary/aromatic N) is 2. The molecule has 12 nitrogen and oxygen atoms in total. The van der Waals surface area contributed by atoms with E-state index in [1.165, 1.54) is 11.8 Å². The first-order valence-corrected chi connectivity index (χ1v) is 19.5. The van der Waals surface area contributed by atoms with E-state index in [-0.39, 0.29) is 25.1 Å². The number of aromatic nitrogens is 1. The average Bonchev–Trinajstić information content (AvgIpc) is 4.12. The third-order valence-corrected chi connectivity index (χ3v) is 10.9. The number of rotatable bonds is 22. The average molecular weight is 772 g/mol. The number of carbonyl (C=O) groups excluding carboxylic acids is 2. The second-order valence-corrected chi connectivity index (χ2v) is 15.2. The molecule has 0 unspecified atom stereocenters. The molecule has 3 aromatic rings. The highest BCUT2D eigenvalue weighted by Gasteiger charge is 2.48. The Morgan fingerprint density at radius 3 is 2.49 bits per heavy atom. The molecule has 2 aliphatic rings. The van der Waals surface area contributed by atoms with Crippen molar-refractivity contribution in [3.05, 3.63) is 77.1 Å². The fourth-order valence-electron chi connectivity index (χ4n) is 6.05. The Morgan fingerprint density at radius 2 is 1.77 bits per heavy atom. The van der Waals surface area contributed by atoms with Crippen LogP contribution < -0.4 is 10.1 Å². The fraction of sp³-hybridized carbons (Fsp3) is 0.513. The Balaban J connectivity index is 1.18. The summed E-state index contributed by atoms with van der Waals surface area (Å²) in [5.74, 6) is 0.522. The van der Waals surface area contributed by atoms with Gasteiger partial charge in [0.15, 0.2) is 6.10 Å². The molecule has 0 radical (unpaired) electrons. The number of nitrogens with one attached hydrogen (secondary N) is 1. The van der Waals surface area contributed by atoms with Crippen LogP contribution in [-0.4, -0.2) is 110 Å². The van der Waals surface area contributed by atoms with Crippen LogP contribution in [0.5, 0.6) is 5.75 Å². The molecule has 53 heavy (non-hydrogen) atoms. The van der Waals surface area contributed by atoms with Crippen molar-refractivity contribution in [1.29, 1.82) is 0 Å². The van der Waals surface area contributed by atoms with Crippen molar-refractivity contribution in [2.75, 3.05) is 32.0 Å². The minimum Gasteiger partial charge on any atom is -0.490 e. The van der Waals surface area contributed by atoms with Crippen LogP contribution in [0.1, 0.15) is 63.0 Å². The van der Waals surface area contributed by atoms with E-state index in [4.69, 9.17) is 26.2 Å². The maximum Gasteiger partial charge on any atom is 0.254 e. The van der Waals surface area contributed by atoms with Crippen molar-refractivity contribution in [3.63, 3.8) is 0 Å². The van der Waals surface area contributed by atoms with E-state index < -0.39 is 42.5 Å². The second kappa shape index (κ2) is 19.4. The number of benzene rings is 2. The smallest absolute Gasteiger partial charge is 0.254 e. The maximum absolute atomic E-state index is 13.2. The largest absolute Gasteiger partial charge is 0.490 e. The number of pyridine rings is 1. The van der Waals surface area contributed by atoms with E-state index in [9.17, 15) is 30.0 Å². The van der Waals surface area contributed by atoms with Crippen LogP contribution in [0.2, 0.25) is 5.02 Å². The molecule has 4 atom stereocenters. The van der Waals surface area contributed by atoms with Gasteiger partial charge in [-0.3, -0.25) is 14.6 Å². The molecule has 2 amide bonds. The van der Waals surface area contributed by atoms with Crippen molar-refractivity contribution in [1.82, 2.24) is 15.2 Å². The zero-order valence-corrected chi connectivity index (χ0v) is 31.5. The maximum atomic E-state index is 13.2. The minimum absolute atomic E-state index is 0.160. The summed E-state index contributed by atoms with van der Waals surface area (Å²) in [5.41, 5.74) is 3.47. The fourth-order valence-corrected chi connectivity index (χ4v) is 7.12. The number of para-hydroxylation sites is 1. The molecule has 2 aliphatic carbocycles. The lowest BCUT2D eigenvalue weighted by Crippen LogP contribution is -2.53. The Labute approximate surface area is 319 Å². The number of hydrogen-bond donors (Lipinski definition) is 6. The second-order valence-electron chi connectivity index (χ2n) is 13.7. The molecule has 2 saturated carbocycles. The Bertz CT molecular complexity index is 1670. The van der Waals surface area contributed by atoms with Crippen LogP contribution in [0.25, 0.3) is 11.1 Å². The topological polar surface area (TPSA) is 182 Å². The summed E-state index contributed by atoms with van der Waals surface area (Å²) in [7, 11) is 0. The monoisotopic (exact) mass is 771 g/mol. The predicted molar refractivity (Wildman–Crippen MR) is 201 cm³/mol. The van der Waals surface area contributed by atoms with Gasteiger partial charge in [-0.1, -0.05) is 29.8 Å². The number of carbonyl (C=O) groups is 2. The van der Waals surface area contributed by atoms with Gasteiger partial charge in [0, 0.05) is 60.0 Å². The highest BCUT2D eigenvalue weighted by atomic mass is 35.5. The number of unbranched alkanes of at least 4 members (excludes halogenated alkanes) is 1. The van der Waals surface area contributed by atoms with Gasteiger partial charge in [0.25, 0.3) is 5.91 Å². The highest BCUT2D eigenvalue weighted by molar-refractivity contribution is 7.99. The molecule has 0 aliphatic heterocycles. The normalized spacial score (nSPS) is 17.0. The first kappa shape index (κ1) is 40.9. The van der Waals surface area contributed by atoms with E-state index >= 15 is 0 Å². The number of aliphatic hydroxyl groups excluding tert-OH is 5. The van der Waals surface area contributed by atoms with Gasteiger partial charge < -0.3 is 45.2 Å².